The van der Waals surface area contributed by atoms with E-state index >= 15 is 0 Å². The molecule has 0 unspecified atom stereocenters. The molecule has 2 N–H and O–H groups in total. The molecule has 0 bridgehead atoms. The minimum Gasteiger partial charge on any atom is -0.459 e. The minimum atomic E-state index is 0. The number of hydrogen-bond acceptors (Lipinski definition) is 5. The van der Waals surface area contributed by atoms with Crippen LogP contribution in [0.5, 0.6) is 0 Å². The Hall–Kier alpha value is -2.28. The van der Waals surface area contributed by atoms with Gasteiger partial charge in [0, 0.05) is 13.1 Å². The third-order valence-electron chi connectivity index (χ3n) is 4.14. The molecule has 0 saturated heterocycles. The van der Waals surface area contributed by atoms with Gasteiger partial charge in [-0.3, -0.25) is 4.79 Å². The monoisotopic (exact) mass is 425 g/mol. The minimum absolute atomic E-state index is 0. The number of halogens is 2. The molecular weight excluding hydrogens is 401 g/mol. The maximum atomic E-state index is 12.9. The first kappa shape index (κ1) is 23.8. The summed E-state index contributed by atoms with van der Waals surface area (Å²) in [7, 11) is 0. The first-order valence-corrected chi connectivity index (χ1v) is 8.69. The molecule has 1 aromatic carbocycles. The van der Waals surface area contributed by atoms with Crippen LogP contribution in [0, 0.1) is 6.92 Å². The Kier molecular flexibility index (Phi) is 9.79. The highest BCUT2D eigenvalue weighted by molar-refractivity contribution is 5.85. The fraction of sp³-hybridized carbons (Fsp3) is 0.300. The van der Waals surface area contributed by atoms with Crippen molar-refractivity contribution in [2.24, 2.45) is 5.73 Å². The number of nitrogens with zero attached hydrogens (tertiary/aromatic N) is 2. The van der Waals surface area contributed by atoms with Gasteiger partial charge in [0.15, 0.2) is 5.76 Å². The zero-order valence-electron chi connectivity index (χ0n) is 15.7. The lowest BCUT2D eigenvalue weighted by molar-refractivity contribution is -0.131. The van der Waals surface area contributed by atoms with Crippen LogP contribution in [0.1, 0.15) is 23.4 Å². The van der Waals surface area contributed by atoms with Crippen molar-refractivity contribution in [1.82, 2.24) is 9.88 Å². The van der Waals surface area contributed by atoms with Gasteiger partial charge in [-0.1, -0.05) is 30.3 Å². The SMILES string of the molecule is Cc1oc(-c2ccco2)nc1CC(=O)N(CCCN)Cc1ccccc1.Cl.Cl. The molecule has 0 aliphatic carbocycles. The highest BCUT2D eigenvalue weighted by atomic mass is 35.5. The summed E-state index contributed by atoms with van der Waals surface area (Å²) >= 11 is 0. The van der Waals surface area contributed by atoms with Gasteiger partial charge in [-0.2, -0.15) is 0 Å². The van der Waals surface area contributed by atoms with E-state index in [2.05, 4.69) is 4.98 Å². The number of rotatable bonds is 8. The highest BCUT2D eigenvalue weighted by Gasteiger charge is 2.20. The van der Waals surface area contributed by atoms with E-state index in [1.165, 1.54) is 0 Å². The summed E-state index contributed by atoms with van der Waals surface area (Å²) in [5.41, 5.74) is 7.35. The van der Waals surface area contributed by atoms with Crippen LogP contribution in [0.2, 0.25) is 0 Å². The van der Waals surface area contributed by atoms with Gasteiger partial charge in [0.1, 0.15) is 5.76 Å². The average Bonchev–Trinajstić information content (AvgIpc) is 3.30. The first-order valence-electron chi connectivity index (χ1n) is 8.69. The lowest BCUT2D eigenvalue weighted by atomic mass is 10.2. The molecule has 8 heteroatoms. The lowest BCUT2D eigenvalue weighted by Gasteiger charge is -2.22. The van der Waals surface area contributed by atoms with E-state index in [1.54, 1.807) is 18.4 Å². The summed E-state index contributed by atoms with van der Waals surface area (Å²) in [4.78, 5) is 19.1. The van der Waals surface area contributed by atoms with Crippen molar-refractivity contribution >= 4 is 30.7 Å². The van der Waals surface area contributed by atoms with Gasteiger partial charge in [-0.15, -0.1) is 24.8 Å². The fourth-order valence-corrected chi connectivity index (χ4v) is 2.73. The van der Waals surface area contributed by atoms with Gasteiger partial charge in [0.05, 0.1) is 18.4 Å². The van der Waals surface area contributed by atoms with Gasteiger partial charge in [0.2, 0.25) is 5.91 Å². The fourth-order valence-electron chi connectivity index (χ4n) is 2.73. The molecule has 1 amide bonds. The topological polar surface area (TPSA) is 85.5 Å². The van der Waals surface area contributed by atoms with Gasteiger partial charge in [0.25, 0.3) is 5.89 Å². The van der Waals surface area contributed by atoms with E-state index in [0.717, 1.165) is 12.0 Å². The zero-order chi connectivity index (χ0) is 18.4. The Morgan fingerprint density at radius 3 is 2.54 bits per heavy atom. The molecule has 2 aromatic heterocycles. The maximum Gasteiger partial charge on any atom is 0.263 e. The highest BCUT2D eigenvalue weighted by Crippen LogP contribution is 2.22. The summed E-state index contributed by atoms with van der Waals surface area (Å²) < 4.78 is 11.0. The first-order chi connectivity index (χ1) is 12.7. The van der Waals surface area contributed by atoms with E-state index in [0.29, 0.717) is 42.7 Å². The average molecular weight is 426 g/mol. The van der Waals surface area contributed by atoms with Crippen molar-refractivity contribution in [3.05, 3.63) is 65.7 Å². The molecule has 0 fully saturated rings. The number of hydrogen-bond donors (Lipinski definition) is 1. The summed E-state index contributed by atoms with van der Waals surface area (Å²) in [6.45, 7) is 3.53. The molecule has 152 valence electrons. The van der Waals surface area contributed by atoms with Crippen molar-refractivity contribution in [3.8, 4) is 11.7 Å². The maximum absolute atomic E-state index is 12.9. The Bertz CT molecular complexity index is 836. The Morgan fingerprint density at radius 2 is 1.89 bits per heavy atom. The number of furan rings is 1. The second kappa shape index (κ2) is 11.5. The predicted molar refractivity (Wildman–Crippen MR) is 113 cm³/mol. The molecule has 3 rings (SSSR count). The molecule has 0 spiro atoms. The largest absolute Gasteiger partial charge is 0.459 e. The second-order valence-corrected chi connectivity index (χ2v) is 6.12. The van der Waals surface area contributed by atoms with E-state index in [-0.39, 0.29) is 37.1 Å². The Labute approximate surface area is 176 Å². The number of carbonyl (C=O) groups is 1. The molecule has 0 aliphatic heterocycles. The van der Waals surface area contributed by atoms with Crippen LogP contribution < -0.4 is 5.73 Å². The Morgan fingerprint density at radius 1 is 1.14 bits per heavy atom. The van der Waals surface area contributed by atoms with Gasteiger partial charge >= 0.3 is 0 Å². The number of nitrogens with two attached hydrogens (primary N) is 1. The van der Waals surface area contributed by atoms with Crippen LogP contribution in [0.3, 0.4) is 0 Å². The van der Waals surface area contributed by atoms with Crippen molar-refractivity contribution in [1.29, 1.82) is 0 Å². The summed E-state index contributed by atoms with van der Waals surface area (Å²) in [5.74, 6) is 1.58. The smallest absolute Gasteiger partial charge is 0.263 e. The summed E-state index contributed by atoms with van der Waals surface area (Å²) in [6, 6.07) is 13.5. The molecule has 28 heavy (non-hydrogen) atoms. The number of aromatic nitrogens is 1. The lowest BCUT2D eigenvalue weighted by Crippen LogP contribution is -2.33. The third-order valence-corrected chi connectivity index (χ3v) is 4.14. The third kappa shape index (κ3) is 6.12. The van der Waals surface area contributed by atoms with Gasteiger partial charge in [-0.05, 0) is 37.6 Å². The number of benzene rings is 1. The van der Waals surface area contributed by atoms with Gasteiger partial charge < -0.3 is 19.5 Å². The summed E-state index contributed by atoms with van der Waals surface area (Å²) in [5, 5.41) is 0. The van der Waals surface area contributed by atoms with Crippen LogP contribution in [0.4, 0.5) is 0 Å². The second-order valence-electron chi connectivity index (χ2n) is 6.12. The van der Waals surface area contributed by atoms with Crippen molar-refractivity contribution in [2.45, 2.75) is 26.3 Å². The summed E-state index contributed by atoms with van der Waals surface area (Å²) in [6.07, 6.45) is 2.51. The van der Waals surface area contributed by atoms with Crippen LogP contribution in [-0.4, -0.2) is 28.9 Å². The molecule has 0 radical (unpaired) electrons. The van der Waals surface area contributed by atoms with E-state index in [9.17, 15) is 4.79 Å². The van der Waals surface area contributed by atoms with E-state index in [1.807, 2.05) is 42.2 Å². The Balaban J connectivity index is 0.00000196. The molecule has 6 nitrogen and oxygen atoms in total. The number of amides is 1. The molecule has 3 aromatic rings. The predicted octanol–water partition coefficient (Wildman–Crippen LogP) is 4.01. The van der Waals surface area contributed by atoms with Crippen LogP contribution in [0.25, 0.3) is 11.7 Å². The normalized spacial score (nSPS) is 10.1. The molecular formula is C20H25Cl2N3O3. The molecule has 0 aliphatic rings. The van der Waals surface area contributed by atoms with Crippen LogP contribution in [0.15, 0.2) is 57.6 Å². The van der Waals surface area contributed by atoms with Crippen molar-refractivity contribution in [2.75, 3.05) is 13.1 Å². The standard InChI is InChI=1S/C20H23N3O3.2ClH/c1-15-17(22-20(26-15)18-9-5-12-25-18)13-19(24)23(11-6-10-21)14-16-7-3-2-4-8-16;;/h2-5,7-9,12H,6,10-11,13-14,21H2,1H3;2*1H. The van der Waals surface area contributed by atoms with Crippen molar-refractivity contribution in [3.63, 3.8) is 0 Å². The number of carbonyl (C=O) groups excluding carboxylic acids is 1. The number of oxazole rings is 1. The van der Waals surface area contributed by atoms with Gasteiger partial charge in [-0.25, -0.2) is 4.98 Å². The molecule has 0 saturated carbocycles. The van der Waals surface area contributed by atoms with E-state index < -0.39 is 0 Å². The van der Waals surface area contributed by atoms with Crippen LogP contribution in [-0.2, 0) is 17.8 Å². The molecule has 0 atom stereocenters. The van der Waals surface area contributed by atoms with E-state index in [4.69, 9.17) is 14.6 Å². The number of aryl methyl sites for hydroxylation is 1. The zero-order valence-corrected chi connectivity index (χ0v) is 17.3. The van der Waals surface area contributed by atoms with Crippen LogP contribution >= 0.6 is 24.8 Å². The van der Waals surface area contributed by atoms with Crippen molar-refractivity contribution < 1.29 is 13.6 Å². The molecule has 2 heterocycles. The quantitative estimate of drug-likeness (QED) is 0.588.